The molecule has 1 aliphatic rings. The Bertz CT molecular complexity index is 543. The summed E-state index contributed by atoms with van der Waals surface area (Å²) in [7, 11) is 0. The van der Waals surface area contributed by atoms with Gasteiger partial charge in [0.2, 0.25) is 0 Å². The van der Waals surface area contributed by atoms with Gasteiger partial charge < -0.3 is 40.7 Å². The minimum absolute atomic E-state index is 0.679. The summed E-state index contributed by atoms with van der Waals surface area (Å²) in [5, 5.41) is 56.5. The third kappa shape index (κ3) is 4.82. The number of hydrogen-bond acceptors (Lipinski definition) is 8. The number of ether oxygens (including phenoxy) is 1. The summed E-state index contributed by atoms with van der Waals surface area (Å²) in [5.74, 6) is -9.93. The molecule has 0 radical (unpaired) electrons. The Labute approximate surface area is 144 Å². The van der Waals surface area contributed by atoms with E-state index in [0.717, 1.165) is 0 Å². The number of carboxylic acids is 2. The summed E-state index contributed by atoms with van der Waals surface area (Å²) in [6, 6.07) is -1.95. The molecule has 26 heavy (non-hydrogen) atoms. The van der Waals surface area contributed by atoms with Gasteiger partial charge in [-0.1, -0.05) is 0 Å². The Morgan fingerprint density at radius 3 is 2.12 bits per heavy atom. The molecule has 0 unspecified atom stereocenters. The molecule has 0 aromatic heterocycles. The van der Waals surface area contributed by atoms with Gasteiger partial charge in [-0.05, 0) is 6.42 Å². The largest absolute Gasteiger partial charge is 0.481 e. The van der Waals surface area contributed by atoms with E-state index in [9.17, 15) is 38.5 Å². The normalized spacial score (nSPS) is 30.5. The minimum Gasteiger partial charge on any atom is -0.481 e. The number of carboxylic acid groups (broad SMARTS) is 2. The maximum atomic E-state index is 14.3. The van der Waals surface area contributed by atoms with Gasteiger partial charge in [-0.2, -0.15) is 8.78 Å². The third-order valence-corrected chi connectivity index (χ3v) is 3.80. The molecule has 7 N–H and O–H groups in total. The molecule has 1 rings (SSSR count). The van der Waals surface area contributed by atoms with Gasteiger partial charge in [0.25, 0.3) is 5.91 Å². The molecule has 1 saturated heterocycles. The molecule has 6 atom stereocenters. The molecule has 0 aromatic carbocycles. The van der Waals surface area contributed by atoms with Gasteiger partial charge in [-0.25, -0.2) is 4.79 Å². The van der Waals surface area contributed by atoms with Crippen molar-refractivity contribution in [2.75, 3.05) is 6.61 Å². The second kappa shape index (κ2) is 8.64. The van der Waals surface area contributed by atoms with Crippen LogP contribution in [0.15, 0.2) is 0 Å². The van der Waals surface area contributed by atoms with Crippen LogP contribution in [-0.4, -0.2) is 97.6 Å². The Kier molecular flexibility index (Phi) is 7.35. The van der Waals surface area contributed by atoms with Crippen molar-refractivity contribution >= 4 is 17.8 Å². The molecule has 1 amide bonds. The second-order valence-corrected chi connectivity index (χ2v) is 5.67. The molecule has 0 aliphatic carbocycles. The first-order valence-corrected chi connectivity index (χ1v) is 7.37. The second-order valence-electron chi connectivity index (χ2n) is 5.67. The number of rotatable bonds is 8. The number of carbonyl (C=O) groups is 3. The van der Waals surface area contributed by atoms with Gasteiger partial charge in [-0.3, -0.25) is 9.59 Å². The topological polar surface area (TPSA) is 194 Å². The zero-order chi connectivity index (χ0) is 20.2. The Hall–Kier alpha value is -1.93. The lowest BCUT2D eigenvalue weighted by molar-refractivity contribution is -0.274. The van der Waals surface area contributed by atoms with Crippen LogP contribution in [0.5, 0.6) is 0 Å². The number of halogens is 2. The van der Waals surface area contributed by atoms with Crippen molar-refractivity contribution in [1.82, 2.24) is 5.32 Å². The third-order valence-electron chi connectivity index (χ3n) is 3.80. The first kappa shape index (κ1) is 22.1. The summed E-state index contributed by atoms with van der Waals surface area (Å²) >= 11 is 0. The van der Waals surface area contributed by atoms with Crippen LogP contribution in [-0.2, 0) is 19.1 Å². The quantitative estimate of drug-likeness (QED) is 0.224. The highest BCUT2D eigenvalue weighted by Crippen LogP contribution is 2.32. The molecule has 150 valence electrons. The molecule has 1 aliphatic heterocycles. The van der Waals surface area contributed by atoms with Crippen molar-refractivity contribution in [1.29, 1.82) is 0 Å². The molecule has 1 fully saturated rings. The van der Waals surface area contributed by atoms with E-state index < -0.39 is 79.8 Å². The molecular formula is C13H19F2NO10. The fourth-order valence-corrected chi connectivity index (χ4v) is 2.31. The van der Waals surface area contributed by atoms with E-state index in [4.69, 9.17) is 15.3 Å². The highest BCUT2D eigenvalue weighted by Gasteiger charge is 2.58. The van der Waals surface area contributed by atoms with Crippen molar-refractivity contribution in [2.45, 2.75) is 55.3 Å². The van der Waals surface area contributed by atoms with Gasteiger partial charge in [0.15, 0.2) is 6.10 Å². The number of aliphatic carboxylic acids is 2. The van der Waals surface area contributed by atoms with Crippen LogP contribution >= 0.6 is 0 Å². The smallest absolute Gasteiger partial charge is 0.352 e. The van der Waals surface area contributed by atoms with E-state index in [-0.39, 0.29) is 0 Å². The number of aliphatic hydroxyl groups excluding tert-OH is 4. The van der Waals surface area contributed by atoms with Crippen molar-refractivity contribution in [3.63, 3.8) is 0 Å². The summed E-state index contributed by atoms with van der Waals surface area (Å²) in [4.78, 5) is 33.2. The predicted molar refractivity (Wildman–Crippen MR) is 75.2 cm³/mol. The van der Waals surface area contributed by atoms with Crippen molar-refractivity contribution in [3.05, 3.63) is 0 Å². The summed E-state index contributed by atoms with van der Waals surface area (Å²) in [6.45, 7) is -1.00. The van der Waals surface area contributed by atoms with Crippen LogP contribution in [0, 0.1) is 0 Å². The van der Waals surface area contributed by atoms with Crippen LogP contribution in [0.3, 0.4) is 0 Å². The van der Waals surface area contributed by atoms with Gasteiger partial charge in [0.05, 0.1) is 6.61 Å². The van der Waals surface area contributed by atoms with Crippen LogP contribution in [0.1, 0.15) is 12.8 Å². The number of alkyl halides is 2. The van der Waals surface area contributed by atoms with Crippen molar-refractivity contribution in [2.24, 2.45) is 0 Å². The van der Waals surface area contributed by atoms with Crippen molar-refractivity contribution in [3.8, 4) is 0 Å². The monoisotopic (exact) mass is 387 g/mol. The van der Waals surface area contributed by atoms with Gasteiger partial charge >= 0.3 is 17.9 Å². The van der Waals surface area contributed by atoms with Crippen LogP contribution in [0.25, 0.3) is 0 Å². The van der Waals surface area contributed by atoms with Crippen molar-refractivity contribution < 1.29 is 58.5 Å². The summed E-state index contributed by atoms with van der Waals surface area (Å²) < 4.78 is 33.2. The standard InChI is InChI=1S/C13H19F2NO10/c14-13(15,10-9(22)8(21)7(20)5(3-17)26-10)12(25)16-4(11(23)24)1-2-6(18)19/h4-5,7-10,17,20-22H,1-3H2,(H,16,25)(H,18,19)(H,23,24)/t4-,5+,7+,8-,9-,10+/m0/s1. The van der Waals surface area contributed by atoms with Gasteiger partial charge in [-0.15, -0.1) is 0 Å². The average Bonchev–Trinajstić information content (AvgIpc) is 2.55. The maximum Gasteiger partial charge on any atom is 0.352 e. The summed E-state index contributed by atoms with van der Waals surface area (Å²) in [5.41, 5.74) is 0. The van der Waals surface area contributed by atoms with E-state index >= 15 is 0 Å². The van der Waals surface area contributed by atoms with Crippen LogP contribution in [0.2, 0.25) is 0 Å². The average molecular weight is 387 g/mol. The van der Waals surface area contributed by atoms with Gasteiger partial charge in [0, 0.05) is 6.42 Å². The number of hydrogen-bond donors (Lipinski definition) is 7. The Morgan fingerprint density at radius 2 is 1.65 bits per heavy atom. The minimum atomic E-state index is -4.56. The molecule has 0 bridgehead atoms. The van der Waals surface area contributed by atoms with E-state index in [1.165, 1.54) is 5.32 Å². The SMILES string of the molecule is O=C(O)CC[C@H](NC(=O)C(F)(F)[C@@H]1O[C@H](CO)[C@@H](O)[C@H](O)[C@@H]1O)C(=O)O. The molecule has 0 saturated carbocycles. The zero-order valence-electron chi connectivity index (χ0n) is 13.2. The molecule has 1 heterocycles. The fourth-order valence-electron chi connectivity index (χ4n) is 2.31. The Balaban J connectivity index is 2.94. The van der Waals surface area contributed by atoms with Gasteiger partial charge in [0.1, 0.15) is 30.5 Å². The number of nitrogens with one attached hydrogen (secondary N) is 1. The van der Waals surface area contributed by atoms with E-state index in [1.807, 2.05) is 0 Å². The molecule has 13 heteroatoms. The van der Waals surface area contributed by atoms with E-state index in [0.29, 0.717) is 0 Å². The fraction of sp³-hybridized carbons (Fsp3) is 0.769. The number of carbonyl (C=O) groups excluding carboxylic acids is 1. The molecule has 0 aromatic rings. The zero-order valence-corrected chi connectivity index (χ0v) is 13.2. The summed E-state index contributed by atoms with van der Waals surface area (Å²) in [6.07, 6.45) is -12.3. The highest BCUT2D eigenvalue weighted by molar-refractivity contribution is 5.88. The first-order valence-electron chi connectivity index (χ1n) is 7.37. The predicted octanol–water partition coefficient (Wildman–Crippen LogP) is -3.10. The maximum absolute atomic E-state index is 14.3. The number of amides is 1. The lowest BCUT2D eigenvalue weighted by atomic mass is 9.91. The van der Waals surface area contributed by atoms with Crippen LogP contribution in [0.4, 0.5) is 8.78 Å². The molecule has 11 nitrogen and oxygen atoms in total. The number of aliphatic hydroxyl groups is 4. The van der Waals surface area contributed by atoms with E-state index in [2.05, 4.69) is 4.74 Å². The first-order chi connectivity index (χ1) is 11.9. The lowest BCUT2D eigenvalue weighted by Crippen LogP contribution is -2.66. The van der Waals surface area contributed by atoms with E-state index in [1.54, 1.807) is 0 Å². The highest BCUT2D eigenvalue weighted by atomic mass is 19.3. The molecule has 0 spiro atoms. The Morgan fingerprint density at radius 1 is 1.08 bits per heavy atom. The molecular weight excluding hydrogens is 368 g/mol. The lowest BCUT2D eigenvalue weighted by Gasteiger charge is -2.42. The van der Waals surface area contributed by atoms with Crippen LogP contribution < -0.4 is 5.32 Å².